The van der Waals surface area contributed by atoms with Crippen molar-refractivity contribution in [3.63, 3.8) is 0 Å². The number of rotatable bonds is 8. The molecular weight excluding hydrogens is 1790 g/mol. The Labute approximate surface area is 755 Å². The summed E-state index contributed by atoms with van der Waals surface area (Å²) < 4.78 is 134. The van der Waals surface area contributed by atoms with E-state index in [0.717, 1.165) is 52.1 Å². The number of azide groups is 1. The van der Waals surface area contributed by atoms with E-state index in [0.29, 0.717) is 139 Å². The third-order valence-corrected chi connectivity index (χ3v) is 23.8. The van der Waals surface area contributed by atoms with Crippen molar-refractivity contribution < 1.29 is 98.3 Å². The van der Waals surface area contributed by atoms with Crippen LogP contribution >= 0.6 is 31.9 Å². The molecule has 6 atom stereocenters. The molecule has 9 heterocycles. The second-order valence-corrected chi connectivity index (χ2v) is 38.7. The van der Waals surface area contributed by atoms with Gasteiger partial charge in [-0.05, 0) is 206 Å². The zero-order valence-electron chi connectivity index (χ0n) is 74.9. The molecule has 9 aliphatic rings. The van der Waals surface area contributed by atoms with E-state index in [2.05, 4.69) is 102 Å². The van der Waals surface area contributed by atoms with Gasteiger partial charge in [0.25, 0.3) is 24.1 Å². The summed E-state index contributed by atoms with van der Waals surface area (Å²) in [6.07, 6.45) is 12.9. The molecule has 30 nitrogen and oxygen atoms in total. The second-order valence-electron chi connectivity index (χ2n) is 36.8. The first-order valence-corrected chi connectivity index (χ1v) is 44.2. The fraction of sp³-hybridized carbons (Fsp3) is 0.589. The summed E-state index contributed by atoms with van der Waals surface area (Å²) in [5, 5.41) is 23.0. The number of pyridine rings is 1. The summed E-state index contributed by atoms with van der Waals surface area (Å²) >= 11 is 6.80. The van der Waals surface area contributed by atoms with Gasteiger partial charge < -0.3 is 74.0 Å². The van der Waals surface area contributed by atoms with Crippen molar-refractivity contribution in [2.75, 3.05) is 65.6 Å². The van der Waals surface area contributed by atoms with Crippen molar-refractivity contribution in [1.29, 1.82) is 0 Å². The molecule has 4 saturated heterocycles. The van der Waals surface area contributed by atoms with E-state index in [1.165, 1.54) is 74.6 Å². The van der Waals surface area contributed by atoms with E-state index in [4.69, 9.17) is 74.2 Å². The highest BCUT2D eigenvalue weighted by Gasteiger charge is 2.53. The molecule has 4 aromatic carbocycles. The normalized spacial score (nSPS) is 24.2. The van der Waals surface area contributed by atoms with Gasteiger partial charge in [0.2, 0.25) is 0 Å². The largest absolute Gasteiger partial charge is 0.477 e. The Balaban J connectivity index is 0.000000179. The number of halogens is 7. The highest BCUT2D eigenvalue weighted by atomic mass is 79.9. The third-order valence-electron chi connectivity index (χ3n) is 22.8. The standard InChI is InChI=1S/C20H26BrFN2O4.C20H26FN5O4.C20H28FN3O4.C15H18BrFN2O2.C9H19N.C6H4FNO2/c1-18(2,3)28-17(25)23-16-24-19(4,14-11-13(21)5-6-15(14)22)12-20(27-16)7-9-26-10-8-20;1-18(2,3)30-17(27)23-16-24-19(4,12-20(29-16)7-9-28-10-8-20)14-11-13(25-26-22)5-6-15(14)21;1-18(2,3)28-17(25)23-16-24-19(4,14-11-13(22)5-6-15(14)21)12-20(27-16)7-9-26-10-8-20;1-14(11-8-10(16)2-3-12(11)17)9-15(21-13(18)19-14)4-6-20-7-5-15;1-3-8-6-4-5-7-9(8)10-2;7-4-1-2-5(6(9)10)8-3-4/h5-6,11H,7-10,12H2,1-4H3,(H,23,24,25);5-6,11H,7-10,12H2,1-4H3,(H,23,24,27);5-6,11H,7-10,12,22H2,1-4H3,(H,23,24,25);2-3,8H,4-7,9H2,1H3,(H2,18,19);8-10H,3-7H2,1-2H3;1-3H,(H,9,10). The minimum atomic E-state index is -1.15. The van der Waals surface area contributed by atoms with Crippen LogP contribution in [0.2, 0.25) is 0 Å². The zero-order valence-corrected chi connectivity index (χ0v) is 78.1. The molecule has 1 aliphatic carbocycles. The number of alkyl carbamates (subject to hydrolysis) is 3. The van der Waals surface area contributed by atoms with Gasteiger partial charge >= 0.3 is 24.2 Å². The van der Waals surface area contributed by atoms with E-state index in [9.17, 15) is 41.1 Å². The van der Waals surface area contributed by atoms with Gasteiger partial charge in [0.15, 0.2) is 0 Å². The Hall–Kier alpha value is -9.49. The Bertz CT molecular complexity index is 4690. The van der Waals surface area contributed by atoms with Crippen LogP contribution in [0.15, 0.2) is 125 Å². The molecule has 37 heteroatoms. The number of aromatic carboxylic acids is 1. The molecular formula is C90H121Br2F5N14O16. The van der Waals surface area contributed by atoms with Gasteiger partial charge in [0.1, 0.15) is 74.0 Å². The van der Waals surface area contributed by atoms with Crippen LogP contribution in [0.1, 0.15) is 239 Å². The van der Waals surface area contributed by atoms with E-state index in [-0.39, 0.29) is 52.7 Å². The minimum Gasteiger partial charge on any atom is -0.477 e. The number of hydrogen-bond donors (Lipinski definition) is 7. The summed E-state index contributed by atoms with van der Waals surface area (Å²) in [5.74, 6) is -2.25. The number of amides is 3. The van der Waals surface area contributed by atoms with Crippen LogP contribution in [0, 0.1) is 35.0 Å². The molecule has 127 heavy (non-hydrogen) atoms. The number of anilines is 1. The molecule has 9 N–H and O–H groups in total. The van der Waals surface area contributed by atoms with E-state index in [1.807, 2.05) is 20.8 Å². The molecule has 1 saturated carbocycles. The number of nitrogen functional groups attached to an aromatic ring is 1. The number of ether oxygens (including phenoxy) is 11. The lowest BCUT2D eigenvalue weighted by Crippen LogP contribution is -2.53. The van der Waals surface area contributed by atoms with Gasteiger partial charge in [-0.2, -0.15) is 0 Å². The number of amidine groups is 4. The van der Waals surface area contributed by atoms with Crippen molar-refractivity contribution in [2.24, 2.45) is 36.7 Å². The number of aromatic nitrogens is 1. The Morgan fingerprint density at radius 3 is 1.20 bits per heavy atom. The highest BCUT2D eigenvalue weighted by Crippen LogP contribution is 2.50. The lowest BCUT2D eigenvalue weighted by molar-refractivity contribution is -0.0820. The Morgan fingerprint density at radius 2 is 0.858 bits per heavy atom. The van der Waals surface area contributed by atoms with Crippen LogP contribution in [0.25, 0.3) is 10.4 Å². The molecule has 6 unspecified atom stereocenters. The van der Waals surface area contributed by atoms with Gasteiger partial charge in [0, 0.05) is 131 Å². The van der Waals surface area contributed by atoms with Crippen LogP contribution in [0.3, 0.4) is 0 Å². The Kier molecular flexibility index (Phi) is 34.2. The SMILES string of the molecule is CC(C)(C)OC(=O)NC1=NC(C)(c2cc(Br)ccc2F)CC2(CCOCC2)O1.CC(C)(C)OC(=O)NC1=NC(C)(c2cc(N)ccc2F)CC2(CCOCC2)O1.CC(C)(C)OC(=O)NC1=NC(C)(c2cc(N=[N+]=[N-])ccc2F)CC2(CCOCC2)O1.CC1(c2cc(Br)ccc2F)CC2(CCOCC2)OC(N)=N1.CCC1CCCCC1NC.O=C(O)c1ccc(F)cn1. The zero-order chi connectivity index (χ0) is 93.2. The van der Waals surface area contributed by atoms with Crippen LogP contribution in [0.4, 0.5) is 47.7 Å². The molecule has 5 aromatic rings. The van der Waals surface area contributed by atoms with Crippen molar-refractivity contribution in [2.45, 2.75) is 273 Å². The summed E-state index contributed by atoms with van der Waals surface area (Å²) in [5.41, 5.74) is 14.7. The molecule has 0 radical (unpaired) electrons. The predicted molar refractivity (Wildman–Crippen MR) is 476 cm³/mol. The van der Waals surface area contributed by atoms with Gasteiger partial charge in [-0.15, -0.1) is 0 Å². The van der Waals surface area contributed by atoms with Gasteiger partial charge in [-0.3, -0.25) is 0 Å². The highest BCUT2D eigenvalue weighted by molar-refractivity contribution is 9.10. The van der Waals surface area contributed by atoms with Crippen molar-refractivity contribution >= 4 is 91.6 Å². The average molecular weight is 1910 g/mol. The van der Waals surface area contributed by atoms with Gasteiger partial charge in [0.05, 0.1) is 81.2 Å². The maximum absolute atomic E-state index is 14.8. The quantitative estimate of drug-likeness (QED) is 0.0189. The molecule has 3 amide bonds. The number of nitrogens with one attached hydrogen (secondary N) is 4. The minimum absolute atomic E-state index is 0.0201. The molecule has 5 fully saturated rings. The average Bonchev–Trinajstić information content (AvgIpc) is 0.780. The number of hydrogen-bond acceptors (Lipinski definition) is 24. The fourth-order valence-electron chi connectivity index (χ4n) is 17.1. The molecule has 4 spiro atoms. The second kappa shape index (κ2) is 42.8. The monoisotopic (exact) mass is 1910 g/mol. The first-order valence-electron chi connectivity index (χ1n) is 42.6. The van der Waals surface area contributed by atoms with Crippen LogP contribution in [0.5, 0.6) is 0 Å². The van der Waals surface area contributed by atoms with Crippen LogP contribution < -0.4 is 32.7 Å². The number of carboxylic acids is 1. The van der Waals surface area contributed by atoms with E-state index >= 15 is 0 Å². The number of carboxylic acid groups (broad SMARTS) is 1. The maximum Gasteiger partial charge on any atom is 0.415 e. The van der Waals surface area contributed by atoms with Crippen molar-refractivity contribution in [3.8, 4) is 0 Å². The van der Waals surface area contributed by atoms with Crippen molar-refractivity contribution in [1.82, 2.24) is 26.3 Å². The van der Waals surface area contributed by atoms with Crippen LogP contribution in [-0.2, 0) is 74.3 Å². The van der Waals surface area contributed by atoms with Gasteiger partial charge in [-0.25, -0.2) is 82.0 Å². The summed E-state index contributed by atoms with van der Waals surface area (Å²) in [4.78, 5) is 71.1. The molecule has 1 aromatic heterocycles. The number of nitrogens with two attached hydrogens (primary N) is 2. The topological polar surface area (TPSA) is 401 Å². The third kappa shape index (κ3) is 29.0. The lowest BCUT2D eigenvalue weighted by atomic mass is 9.76. The van der Waals surface area contributed by atoms with E-state index in [1.54, 1.807) is 99.6 Å². The first kappa shape index (κ1) is 101. The first-order chi connectivity index (χ1) is 59.6. The number of carbonyl (C=O) groups excluding carboxylic acids is 3. The maximum atomic E-state index is 14.8. The van der Waals surface area contributed by atoms with Gasteiger partial charge in [-0.1, -0.05) is 63.2 Å². The van der Waals surface area contributed by atoms with Crippen LogP contribution in [-0.4, -0.2) is 164 Å². The number of aliphatic imine (C=N–C) groups is 4. The number of carbonyl (C=O) groups is 4. The fourth-order valence-corrected chi connectivity index (χ4v) is 17.8. The molecule has 0 bridgehead atoms. The van der Waals surface area contributed by atoms with Crippen molar-refractivity contribution in [3.05, 3.63) is 168 Å². The summed E-state index contributed by atoms with van der Waals surface area (Å²) in [6, 6.07) is 21.4. The molecule has 8 aliphatic heterocycles. The summed E-state index contributed by atoms with van der Waals surface area (Å²) in [7, 11) is 2.10. The van der Waals surface area contributed by atoms with E-state index < -0.39 is 103 Å². The lowest BCUT2D eigenvalue weighted by Gasteiger charge is -2.46. The predicted octanol–water partition coefficient (Wildman–Crippen LogP) is 19.1. The molecule has 696 valence electrons. The smallest absolute Gasteiger partial charge is 0.415 e. The number of nitrogens with zero attached hydrogens (tertiary/aromatic N) is 8. The summed E-state index contributed by atoms with van der Waals surface area (Å²) in [6.45, 7) is 29.9. The Morgan fingerprint density at radius 1 is 0.512 bits per heavy atom. The number of benzene rings is 4. The molecule has 14 rings (SSSR count).